The first-order valence-electron chi connectivity index (χ1n) is 7.77. The molecule has 23 heavy (non-hydrogen) atoms. The fraction of sp³-hybridized carbons (Fsp3) is 0.333. The molecule has 0 spiro atoms. The zero-order chi connectivity index (χ0) is 16.1. The maximum absolute atomic E-state index is 5.46. The molecule has 0 radical (unpaired) electrons. The Morgan fingerprint density at radius 1 is 0.913 bits per heavy atom. The summed E-state index contributed by atoms with van der Waals surface area (Å²) in [4.78, 5) is 8.10. The molecule has 0 fully saturated rings. The van der Waals surface area contributed by atoms with Crippen molar-refractivity contribution in [2.45, 2.75) is 25.7 Å². The quantitative estimate of drug-likeness (QED) is 0.749. The lowest BCUT2D eigenvalue weighted by Crippen LogP contribution is -2.09. The van der Waals surface area contributed by atoms with Crippen LogP contribution in [-0.4, -0.2) is 23.2 Å². The van der Waals surface area contributed by atoms with Gasteiger partial charge in [-0.2, -0.15) is 0 Å². The van der Waals surface area contributed by atoms with Gasteiger partial charge in [0.05, 0.1) is 25.6 Å². The maximum atomic E-state index is 5.46. The van der Waals surface area contributed by atoms with Gasteiger partial charge >= 0.3 is 0 Å². The zero-order valence-electron chi connectivity index (χ0n) is 12.9. The number of pyridine rings is 2. The van der Waals surface area contributed by atoms with Crippen LogP contribution in [0.1, 0.15) is 29.5 Å². The average molecular weight is 375 g/mol. The lowest BCUT2D eigenvalue weighted by molar-refractivity contribution is 0.286. The predicted molar refractivity (Wildman–Crippen MR) is 93.9 cm³/mol. The Kier molecular flexibility index (Phi) is 5.28. The van der Waals surface area contributed by atoms with Gasteiger partial charge in [0.2, 0.25) is 0 Å². The van der Waals surface area contributed by atoms with Crippen LogP contribution in [-0.2, 0) is 12.8 Å². The van der Waals surface area contributed by atoms with Crippen LogP contribution in [0, 0.1) is 0 Å². The van der Waals surface area contributed by atoms with Gasteiger partial charge in [0.15, 0.2) is 0 Å². The molecule has 0 amide bonds. The van der Waals surface area contributed by atoms with Gasteiger partial charge < -0.3 is 9.47 Å². The highest BCUT2D eigenvalue weighted by Crippen LogP contribution is 2.29. The minimum atomic E-state index is 0.815. The first-order chi connectivity index (χ1) is 11.3. The van der Waals surface area contributed by atoms with Gasteiger partial charge in [-0.25, -0.2) is 0 Å². The van der Waals surface area contributed by atoms with E-state index in [-0.39, 0.29) is 0 Å². The number of hydrogen-bond donors (Lipinski definition) is 0. The van der Waals surface area contributed by atoms with Gasteiger partial charge in [-0.1, -0.05) is 12.7 Å². The summed E-state index contributed by atoms with van der Waals surface area (Å²) in [7, 11) is 0. The number of rotatable bonds is 1. The molecule has 4 nitrogen and oxygen atoms in total. The molecule has 4 rings (SSSR count). The second kappa shape index (κ2) is 7.59. The number of halogens is 1. The fourth-order valence-electron chi connectivity index (χ4n) is 2.72. The van der Waals surface area contributed by atoms with Crippen LogP contribution in [0.15, 0.2) is 35.8 Å². The molecule has 2 aromatic heterocycles. The minimum absolute atomic E-state index is 0.815. The summed E-state index contributed by atoms with van der Waals surface area (Å²) in [6.45, 7) is 5.38. The zero-order valence-corrected chi connectivity index (χ0v) is 14.5. The van der Waals surface area contributed by atoms with Gasteiger partial charge in [-0.05, 0) is 47.2 Å². The molecule has 0 aliphatic carbocycles. The first kappa shape index (κ1) is 16.0. The molecule has 2 aliphatic rings. The Morgan fingerprint density at radius 3 is 2.17 bits per heavy atom. The molecule has 2 aromatic rings. The molecular formula is C18H19BrN2O2. The van der Waals surface area contributed by atoms with Crippen molar-refractivity contribution < 1.29 is 9.47 Å². The molecule has 0 unspecified atom stereocenters. The average Bonchev–Trinajstić information content (AvgIpc) is 2.62. The maximum Gasteiger partial charge on any atom is 0.141 e. The molecule has 0 saturated heterocycles. The molecule has 120 valence electrons. The summed E-state index contributed by atoms with van der Waals surface area (Å²) >= 11 is 3.44. The molecule has 5 heteroatoms. The standard InChI is InChI=1S/C10H11NO.C8H8BrNO/c1-2-8-6-11-7-10-9(8)4-3-5-12-10;9-7-4-10-5-8-6(7)2-1-3-11-8/h2,6-7H,1,3-5H2;4-5H,1-3H2. The van der Waals surface area contributed by atoms with Crippen LogP contribution < -0.4 is 9.47 Å². The smallest absolute Gasteiger partial charge is 0.141 e. The second-order valence-electron chi connectivity index (χ2n) is 5.41. The van der Waals surface area contributed by atoms with Crippen molar-refractivity contribution in [1.82, 2.24) is 9.97 Å². The Labute approximate surface area is 144 Å². The van der Waals surface area contributed by atoms with E-state index in [2.05, 4.69) is 32.5 Å². The summed E-state index contributed by atoms with van der Waals surface area (Å²) in [5.74, 6) is 1.87. The van der Waals surface area contributed by atoms with Crippen molar-refractivity contribution >= 4 is 22.0 Å². The summed E-state index contributed by atoms with van der Waals surface area (Å²) in [6.07, 6.45) is 13.4. The lowest BCUT2D eigenvalue weighted by Gasteiger charge is -2.17. The van der Waals surface area contributed by atoms with Crippen molar-refractivity contribution in [3.8, 4) is 11.5 Å². The fourth-order valence-corrected chi connectivity index (χ4v) is 3.24. The molecule has 0 bridgehead atoms. The SMILES string of the molecule is Brc1cncc2c1CCCO2.C=Cc1cncc2c1CCCO2. The summed E-state index contributed by atoms with van der Waals surface area (Å²) in [6, 6.07) is 0. The van der Waals surface area contributed by atoms with E-state index in [1.165, 1.54) is 11.1 Å². The van der Waals surface area contributed by atoms with Crippen LogP contribution in [0.2, 0.25) is 0 Å². The van der Waals surface area contributed by atoms with Crippen molar-refractivity contribution in [3.05, 3.63) is 52.5 Å². The monoisotopic (exact) mass is 374 g/mol. The molecule has 0 aromatic carbocycles. The molecular weight excluding hydrogens is 356 g/mol. The summed E-state index contributed by atoms with van der Waals surface area (Å²) < 4.78 is 11.9. The number of hydrogen-bond acceptors (Lipinski definition) is 4. The van der Waals surface area contributed by atoms with E-state index in [0.29, 0.717) is 0 Å². The van der Waals surface area contributed by atoms with E-state index in [9.17, 15) is 0 Å². The van der Waals surface area contributed by atoms with Gasteiger partial charge in [0, 0.05) is 28.0 Å². The Bertz CT molecular complexity index is 703. The molecule has 4 heterocycles. The highest BCUT2D eigenvalue weighted by Gasteiger charge is 2.13. The first-order valence-corrected chi connectivity index (χ1v) is 8.56. The number of nitrogens with zero attached hydrogens (tertiary/aromatic N) is 2. The minimum Gasteiger partial charge on any atom is -0.492 e. The third kappa shape index (κ3) is 3.72. The van der Waals surface area contributed by atoms with Crippen LogP contribution >= 0.6 is 15.9 Å². The highest BCUT2D eigenvalue weighted by atomic mass is 79.9. The Balaban J connectivity index is 0.000000136. The molecule has 2 aliphatic heterocycles. The molecule has 0 N–H and O–H groups in total. The van der Waals surface area contributed by atoms with E-state index in [0.717, 1.165) is 60.4 Å². The summed E-state index contributed by atoms with van der Waals surface area (Å²) in [5, 5.41) is 0. The third-order valence-corrected chi connectivity index (χ3v) is 4.58. The van der Waals surface area contributed by atoms with Gasteiger partial charge in [-0.15, -0.1) is 0 Å². The van der Waals surface area contributed by atoms with E-state index in [1.807, 2.05) is 18.5 Å². The van der Waals surface area contributed by atoms with Crippen LogP contribution in [0.25, 0.3) is 6.08 Å². The van der Waals surface area contributed by atoms with Crippen LogP contribution in [0.5, 0.6) is 11.5 Å². The van der Waals surface area contributed by atoms with Crippen molar-refractivity contribution in [2.24, 2.45) is 0 Å². The Morgan fingerprint density at radius 2 is 1.52 bits per heavy atom. The molecule has 0 saturated carbocycles. The lowest BCUT2D eigenvalue weighted by atomic mass is 10.0. The molecule has 0 atom stereocenters. The van der Waals surface area contributed by atoms with Crippen molar-refractivity contribution in [3.63, 3.8) is 0 Å². The van der Waals surface area contributed by atoms with E-state index in [4.69, 9.17) is 9.47 Å². The highest BCUT2D eigenvalue weighted by molar-refractivity contribution is 9.10. The number of aromatic nitrogens is 2. The van der Waals surface area contributed by atoms with Crippen molar-refractivity contribution in [2.75, 3.05) is 13.2 Å². The predicted octanol–water partition coefficient (Wildman–Crippen LogP) is 4.22. The van der Waals surface area contributed by atoms with E-state index < -0.39 is 0 Å². The van der Waals surface area contributed by atoms with Crippen LogP contribution in [0.4, 0.5) is 0 Å². The summed E-state index contributed by atoms with van der Waals surface area (Å²) in [5.41, 5.74) is 3.62. The second-order valence-corrected chi connectivity index (χ2v) is 6.27. The topological polar surface area (TPSA) is 44.2 Å². The van der Waals surface area contributed by atoms with Gasteiger partial charge in [0.1, 0.15) is 11.5 Å². The van der Waals surface area contributed by atoms with Gasteiger partial charge in [0.25, 0.3) is 0 Å². The largest absolute Gasteiger partial charge is 0.492 e. The van der Waals surface area contributed by atoms with E-state index >= 15 is 0 Å². The van der Waals surface area contributed by atoms with Crippen molar-refractivity contribution in [1.29, 1.82) is 0 Å². The Hall–Kier alpha value is -1.88. The van der Waals surface area contributed by atoms with Crippen LogP contribution in [0.3, 0.4) is 0 Å². The van der Waals surface area contributed by atoms with E-state index in [1.54, 1.807) is 12.4 Å². The number of ether oxygens (including phenoxy) is 2. The van der Waals surface area contributed by atoms with Gasteiger partial charge in [-0.3, -0.25) is 9.97 Å². The number of fused-ring (bicyclic) bond motifs is 2. The third-order valence-electron chi connectivity index (χ3n) is 3.89. The normalized spacial score (nSPS) is 15.0.